The zero-order valence-electron chi connectivity index (χ0n) is 14.8. The van der Waals surface area contributed by atoms with Crippen molar-refractivity contribution in [2.45, 2.75) is 77.6 Å². The van der Waals surface area contributed by atoms with E-state index in [1.165, 1.54) is 64.2 Å². The Labute approximate surface area is 140 Å². The zero-order valence-corrected chi connectivity index (χ0v) is 14.8. The van der Waals surface area contributed by atoms with Gasteiger partial charge in [-0.05, 0) is 18.6 Å². The molecule has 2 rings (SSSR count). The lowest BCUT2D eigenvalue weighted by atomic mass is 10.1. The van der Waals surface area contributed by atoms with Gasteiger partial charge in [0.1, 0.15) is 11.3 Å². The number of unbranched alkanes of at least 4 members (excludes halogenated alkanes) is 9. The third-order valence-corrected chi connectivity index (χ3v) is 4.38. The van der Waals surface area contributed by atoms with E-state index < -0.39 is 0 Å². The summed E-state index contributed by atoms with van der Waals surface area (Å²) in [6, 6.07) is 5.79. The Morgan fingerprint density at radius 1 is 0.913 bits per heavy atom. The minimum Gasteiger partial charge on any atom is -0.497 e. The summed E-state index contributed by atoms with van der Waals surface area (Å²) in [7, 11) is 1.67. The van der Waals surface area contributed by atoms with Crippen molar-refractivity contribution in [3.05, 3.63) is 24.1 Å². The first-order chi connectivity index (χ1) is 11.3. The molecule has 0 spiro atoms. The molecule has 2 aromatic rings. The lowest BCUT2D eigenvalue weighted by Gasteiger charge is -2.01. The molecule has 0 unspecified atom stereocenters. The molecule has 0 bridgehead atoms. The van der Waals surface area contributed by atoms with Gasteiger partial charge < -0.3 is 9.15 Å². The van der Waals surface area contributed by atoms with Crippen LogP contribution in [-0.2, 0) is 6.42 Å². The second kappa shape index (κ2) is 10.3. The summed E-state index contributed by atoms with van der Waals surface area (Å²) in [5, 5.41) is 0. The molecule has 128 valence electrons. The van der Waals surface area contributed by atoms with Crippen LogP contribution in [0.25, 0.3) is 11.1 Å². The average Bonchev–Trinajstić information content (AvgIpc) is 2.98. The molecule has 1 aromatic heterocycles. The number of hydrogen-bond acceptors (Lipinski definition) is 3. The summed E-state index contributed by atoms with van der Waals surface area (Å²) in [6.07, 6.45) is 14.5. The first-order valence-electron chi connectivity index (χ1n) is 9.27. The van der Waals surface area contributed by atoms with Crippen molar-refractivity contribution in [1.82, 2.24) is 4.98 Å². The van der Waals surface area contributed by atoms with E-state index >= 15 is 0 Å². The first-order valence-corrected chi connectivity index (χ1v) is 9.27. The van der Waals surface area contributed by atoms with Gasteiger partial charge in [-0.1, -0.05) is 64.7 Å². The van der Waals surface area contributed by atoms with E-state index in [0.29, 0.717) is 0 Å². The number of aryl methyl sites for hydroxylation is 1. The summed E-state index contributed by atoms with van der Waals surface area (Å²) >= 11 is 0. The Morgan fingerprint density at radius 3 is 2.22 bits per heavy atom. The van der Waals surface area contributed by atoms with Gasteiger partial charge in [-0.3, -0.25) is 0 Å². The van der Waals surface area contributed by atoms with E-state index in [9.17, 15) is 0 Å². The van der Waals surface area contributed by atoms with E-state index in [4.69, 9.17) is 9.15 Å². The van der Waals surface area contributed by atoms with E-state index in [-0.39, 0.29) is 0 Å². The SMILES string of the molecule is CCCCCCCCCCCCc1nc2ccc(OC)cc2o1. The fraction of sp³-hybridized carbons (Fsp3) is 0.650. The van der Waals surface area contributed by atoms with E-state index in [2.05, 4.69) is 11.9 Å². The van der Waals surface area contributed by atoms with Crippen LogP contribution in [0.2, 0.25) is 0 Å². The monoisotopic (exact) mass is 317 g/mol. The highest BCUT2D eigenvalue weighted by Gasteiger charge is 2.06. The van der Waals surface area contributed by atoms with Crippen molar-refractivity contribution in [1.29, 1.82) is 0 Å². The van der Waals surface area contributed by atoms with Crippen LogP contribution in [0.5, 0.6) is 5.75 Å². The zero-order chi connectivity index (χ0) is 16.3. The Hall–Kier alpha value is -1.51. The smallest absolute Gasteiger partial charge is 0.195 e. The Morgan fingerprint density at radius 2 is 1.57 bits per heavy atom. The normalized spacial score (nSPS) is 11.2. The highest BCUT2D eigenvalue weighted by molar-refractivity contribution is 5.74. The van der Waals surface area contributed by atoms with Gasteiger partial charge in [0.2, 0.25) is 0 Å². The minimum absolute atomic E-state index is 0.819. The molecule has 3 heteroatoms. The second-order valence-electron chi connectivity index (χ2n) is 6.37. The average molecular weight is 317 g/mol. The van der Waals surface area contributed by atoms with Crippen molar-refractivity contribution in [3.8, 4) is 5.75 Å². The molecule has 0 aliphatic rings. The molecule has 3 nitrogen and oxygen atoms in total. The summed E-state index contributed by atoms with van der Waals surface area (Å²) in [6.45, 7) is 2.27. The second-order valence-corrected chi connectivity index (χ2v) is 6.37. The van der Waals surface area contributed by atoms with Crippen molar-refractivity contribution >= 4 is 11.1 Å². The van der Waals surface area contributed by atoms with Gasteiger partial charge in [0.25, 0.3) is 0 Å². The number of aromatic nitrogens is 1. The van der Waals surface area contributed by atoms with Gasteiger partial charge >= 0.3 is 0 Å². The molecule has 23 heavy (non-hydrogen) atoms. The molecule has 0 fully saturated rings. The van der Waals surface area contributed by atoms with Crippen molar-refractivity contribution in [2.24, 2.45) is 0 Å². The number of oxazole rings is 1. The van der Waals surface area contributed by atoms with Crippen LogP contribution in [0, 0.1) is 0 Å². The van der Waals surface area contributed by atoms with E-state index in [0.717, 1.165) is 29.2 Å². The molecular formula is C20H31NO2. The van der Waals surface area contributed by atoms with Gasteiger partial charge in [0.15, 0.2) is 11.5 Å². The fourth-order valence-corrected chi connectivity index (χ4v) is 2.95. The molecule has 1 aromatic carbocycles. The van der Waals surface area contributed by atoms with Gasteiger partial charge in [-0.2, -0.15) is 0 Å². The molecule has 0 saturated heterocycles. The maximum Gasteiger partial charge on any atom is 0.195 e. The third kappa shape index (κ3) is 6.25. The number of benzene rings is 1. The maximum atomic E-state index is 5.80. The fourth-order valence-electron chi connectivity index (χ4n) is 2.95. The highest BCUT2D eigenvalue weighted by Crippen LogP contribution is 2.22. The van der Waals surface area contributed by atoms with E-state index in [1.807, 2.05) is 18.2 Å². The minimum atomic E-state index is 0.819. The summed E-state index contributed by atoms with van der Waals surface area (Å²) in [5.74, 6) is 1.67. The van der Waals surface area contributed by atoms with Gasteiger partial charge in [0.05, 0.1) is 7.11 Å². The standard InChI is InChI=1S/C20H31NO2/c1-3-4-5-6-7-8-9-10-11-12-13-20-21-18-15-14-17(22-2)16-19(18)23-20/h14-16H,3-13H2,1-2H3. The molecule has 0 atom stereocenters. The molecule has 0 radical (unpaired) electrons. The van der Waals surface area contributed by atoms with Crippen LogP contribution in [-0.4, -0.2) is 12.1 Å². The van der Waals surface area contributed by atoms with Crippen molar-refractivity contribution in [2.75, 3.05) is 7.11 Å². The number of fused-ring (bicyclic) bond motifs is 1. The van der Waals surface area contributed by atoms with Gasteiger partial charge in [-0.15, -0.1) is 0 Å². The number of hydrogen-bond donors (Lipinski definition) is 0. The summed E-state index contributed by atoms with van der Waals surface area (Å²) in [5.41, 5.74) is 1.75. The third-order valence-electron chi connectivity index (χ3n) is 4.38. The highest BCUT2D eigenvalue weighted by atomic mass is 16.5. The number of nitrogens with zero attached hydrogens (tertiary/aromatic N) is 1. The van der Waals surface area contributed by atoms with Crippen molar-refractivity contribution in [3.63, 3.8) is 0 Å². The predicted octanol–water partition coefficient (Wildman–Crippen LogP) is 6.30. The largest absolute Gasteiger partial charge is 0.497 e. The Kier molecular flexibility index (Phi) is 7.99. The maximum absolute atomic E-state index is 5.80. The quantitative estimate of drug-likeness (QED) is 0.431. The van der Waals surface area contributed by atoms with Crippen LogP contribution >= 0.6 is 0 Å². The van der Waals surface area contributed by atoms with Crippen LogP contribution in [0.3, 0.4) is 0 Å². The molecule has 0 aliphatic carbocycles. The summed E-state index contributed by atoms with van der Waals surface area (Å²) < 4.78 is 11.0. The van der Waals surface area contributed by atoms with Crippen LogP contribution in [0.1, 0.15) is 77.0 Å². The molecular weight excluding hydrogens is 286 g/mol. The Bertz CT molecular complexity index is 562. The van der Waals surface area contributed by atoms with E-state index in [1.54, 1.807) is 7.11 Å². The lowest BCUT2D eigenvalue weighted by Crippen LogP contribution is -1.86. The molecule has 1 heterocycles. The topological polar surface area (TPSA) is 35.3 Å². The molecule has 0 N–H and O–H groups in total. The molecule has 0 aliphatic heterocycles. The number of rotatable bonds is 12. The van der Waals surface area contributed by atoms with Crippen LogP contribution in [0.4, 0.5) is 0 Å². The molecule has 0 amide bonds. The van der Waals surface area contributed by atoms with Crippen LogP contribution < -0.4 is 4.74 Å². The number of ether oxygens (including phenoxy) is 1. The summed E-state index contributed by atoms with van der Waals surface area (Å²) in [4.78, 5) is 4.54. The first kappa shape index (κ1) is 17.8. The predicted molar refractivity (Wildman–Crippen MR) is 96.1 cm³/mol. The van der Waals surface area contributed by atoms with Gasteiger partial charge in [0, 0.05) is 12.5 Å². The van der Waals surface area contributed by atoms with Crippen molar-refractivity contribution < 1.29 is 9.15 Å². The van der Waals surface area contributed by atoms with Crippen LogP contribution in [0.15, 0.2) is 22.6 Å². The number of methoxy groups -OCH3 is 1. The lowest BCUT2D eigenvalue weighted by molar-refractivity contribution is 0.414. The Balaban J connectivity index is 1.58. The molecule has 0 saturated carbocycles. The van der Waals surface area contributed by atoms with Gasteiger partial charge in [-0.25, -0.2) is 4.98 Å².